The van der Waals surface area contributed by atoms with Crippen LogP contribution in [0.15, 0.2) is 0 Å². The van der Waals surface area contributed by atoms with Crippen LogP contribution in [-0.2, 0) is 61.2 Å². The van der Waals surface area contributed by atoms with Gasteiger partial charge in [0.1, 0.15) is 98.7 Å². The summed E-state index contributed by atoms with van der Waals surface area (Å²) in [6.07, 6.45) is 11.6. The van der Waals surface area contributed by atoms with Crippen LogP contribution >= 0.6 is 7.82 Å². The molecule has 3 fully saturated rings. The van der Waals surface area contributed by atoms with Crippen LogP contribution in [0.5, 0.6) is 0 Å². The molecule has 0 amide bonds. The number of rotatable bonds is 61. The van der Waals surface area contributed by atoms with Crippen LogP contribution in [0.2, 0.25) is 0 Å². The summed E-state index contributed by atoms with van der Waals surface area (Å²) in [6.45, 7) is 5.79. The standard InChI is InChI=1S/C74H139O24P/c1-5-8-11-14-17-19-21-23-24-25-26-28-30-32-38-43-48-59(77)91-53-57-62(80)64(82)69(87)74(95-57)97-71-67(85)65(83)66(84)70(96-73-68(86)63(81)61(79)56(50-75)94-73)72(71)98-99(88,89)92-52-55(51-90-58(76)47-42-37-31-29-27-22-20-18-15-12-9-6-2)93-60(78)49-44-39-34-33-36-41-46-54(4)45-40-35-16-13-10-7-3/h54-57,61-75,79-87H,5-53H2,1-4H3,(H,88,89). The first-order valence-corrected chi connectivity index (χ1v) is 40.7. The first kappa shape index (κ1) is 91.2. The van der Waals surface area contributed by atoms with E-state index in [1.165, 1.54) is 154 Å². The number of ether oxygens (including phenoxy) is 7. The molecule has 0 spiro atoms. The molecule has 584 valence electrons. The maximum atomic E-state index is 14.4. The molecule has 25 heteroatoms. The maximum absolute atomic E-state index is 14.4. The van der Waals surface area contributed by atoms with E-state index in [4.69, 9.17) is 42.2 Å². The third kappa shape index (κ3) is 38.7. The molecule has 11 N–H and O–H groups in total. The number of phosphoric ester groups is 1. The van der Waals surface area contributed by atoms with Crippen molar-refractivity contribution in [1.29, 1.82) is 0 Å². The highest BCUT2D eigenvalue weighted by Gasteiger charge is 2.58. The van der Waals surface area contributed by atoms with Crippen molar-refractivity contribution >= 4 is 25.7 Å². The predicted molar refractivity (Wildman–Crippen MR) is 375 cm³/mol. The zero-order chi connectivity index (χ0) is 72.6. The second kappa shape index (κ2) is 55.4. The Kier molecular flexibility index (Phi) is 51.0. The number of phosphoric acid groups is 1. The number of aliphatic hydroxyl groups is 10. The van der Waals surface area contributed by atoms with Crippen LogP contribution in [0, 0.1) is 5.92 Å². The zero-order valence-electron chi connectivity index (χ0n) is 61.2. The van der Waals surface area contributed by atoms with Gasteiger partial charge in [-0.2, -0.15) is 0 Å². The third-order valence-electron chi connectivity index (χ3n) is 19.8. The van der Waals surface area contributed by atoms with Crippen molar-refractivity contribution in [3.8, 4) is 0 Å². The molecule has 2 aliphatic heterocycles. The molecule has 1 saturated carbocycles. The minimum absolute atomic E-state index is 0.0337. The SMILES string of the molecule is CCCCCCCCCCCCCCCCCCC(=O)OCC1OC(OC2C(O)C(O)C(O)C(OC3OC(CO)C(O)C(O)C3O)C2OP(=O)(O)OCC(COC(=O)CCCCCCCCCCCCCC)OC(=O)CCCCCCCCC(C)CCCCCCCC)C(O)C(O)C1O. The average Bonchev–Trinajstić information content (AvgIpc) is 0.761. The summed E-state index contributed by atoms with van der Waals surface area (Å²) in [5, 5.41) is 110. The normalized spacial score (nSPS) is 27.7. The Bertz CT molecular complexity index is 2060. The summed E-state index contributed by atoms with van der Waals surface area (Å²) in [4.78, 5) is 51.1. The van der Waals surface area contributed by atoms with Crippen molar-refractivity contribution in [3.63, 3.8) is 0 Å². The fraction of sp³-hybridized carbons (Fsp3) is 0.959. The van der Waals surface area contributed by atoms with Gasteiger partial charge in [-0.25, -0.2) is 4.57 Å². The summed E-state index contributed by atoms with van der Waals surface area (Å²) in [7, 11) is -5.69. The zero-order valence-corrected chi connectivity index (χ0v) is 62.1. The number of esters is 3. The molecule has 3 aliphatic rings. The summed E-state index contributed by atoms with van der Waals surface area (Å²) in [5.74, 6) is -1.29. The molecule has 99 heavy (non-hydrogen) atoms. The summed E-state index contributed by atoms with van der Waals surface area (Å²) in [5.41, 5.74) is 0. The topological polar surface area (TPSA) is 374 Å². The summed E-state index contributed by atoms with van der Waals surface area (Å²) < 4.78 is 65.1. The van der Waals surface area contributed by atoms with Gasteiger partial charge in [-0.05, 0) is 25.2 Å². The van der Waals surface area contributed by atoms with Crippen LogP contribution in [0.25, 0.3) is 0 Å². The van der Waals surface area contributed by atoms with Crippen molar-refractivity contribution in [3.05, 3.63) is 0 Å². The lowest BCUT2D eigenvalue weighted by Crippen LogP contribution is -2.69. The van der Waals surface area contributed by atoms with Gasteiger partial charge in [0.05, 0.1) is 13.2 Å². The molecular weight excluding hydrogens is 1300 g/mol. The van der Waals surface area contributed by atoms with E-state index in [1.807, 2.05) is 0 Å². The largest absolute Gasteiger partial charge is 0.472 e. The lowest BCUT2D eigenvalue weighted by atomic mass is 9.84. The van der Waals surface area contributed by atoms with Gasteiger partial charge in [0, 0.05) is 19.3 Å². The van der Waals surface area contributed by atoms with Gasteiger partial charge in [0.25, 0.3) is 0 Å². The highest BCUT2D eigenvalue weighted by atomic mass is 31.2. The quantitative estimate of drug-likeness (QED) is 0.0117. The van der Waals surface area contributed by atoms with E-state index in [0.29, 0.717) is 25.2 Å². The molecular formula is C74H139O24P. The molecule has 2 heterocycles. The van der Waals surface area contributed by atoms with Crippen LogP contribution in [0.3, 0.4) is 0 Å². The Labute approximate surface area is 593 Å². The van der Waals surface area contributed by atoms with E-state index < -0.39 is 156 Å². The lowest BCUT2D eigenvalue weighted by Gasteiger charge is -2.49. The predicted octanol–water partition coefficient (Wildman–Crippen LogP) is 11.2. The van der Waals surface area contributed by atoms with E-state index in [1.54, 1.807) is 0 Å². The van der Waals surface area contributed by atoms with Gasteiger partial charge in [0.2, 0.25) is 0 Å². The maximum Gasteiger partial charge on any atom is 0.472 e. The Balaban J connectivity index is 1.72. The van der Waals surface area contributed by atoms with Crippen molar-refractivity contribution < 1.29 is 117 Å². The molecule has 24 nitrogen and oxygen atoms in total. The monoisotopic (exact) mass is 1440 g/mol. The molecule has 0 aromatic carbocycles. The highest BCUT2D eigenvalue weighted by Crippen LogP contribution is 2.49. The number of aliphatic hydroxyl groups excluding tert-OH is 10. The van der Waals surface area contributed by atoms with E-state index in [0.717, 1.165) is 96.3 Å². The van der Waals surface area contributed by atoms with Gasteiger partial charge in [-0.1, -0.05) is 278 Å². The Hall–Kier alpha value is -2.04. The minimum atomic E-state index is -5.69. The first-order chi connectivity index (χ1) is 47.7. The molecule has 0 aromatic rings. The number of carbonyl (C=O) groups is 3. The number of hydrogen-bond acceptors (Lipinski definition) is 23. The van der Waals surface area contributed by atoms with Crippen molar-refractivity contribution in [2.75, 3.05) is 26.4 Å². The minimum Gasteiger partial charge on any atom is -0.463 e. The second-order valence-electron chi connectivity index (χ2n) is 28.7. The van der Waals surface area contributed by atoms with Crippen LogP contribution in [0.1, 0.15) is 317 Å². The van der Waals surface area contributed by atoms with Crippen LogP contribution in [0.4, 0.5) is 0 Å². The fourth-order valence-corrected chi connectivity index (χ4v) is 14.3. The molecule has 0 bridgehead atoms. The van der Waals surface area contributed by atoms with E-state index in [-0.39, 0.29) is 19.3 Å². The fourth-order valence-electron chi connectivity index (χ4n) is 13.3. The number of carbonyl (C=O) groups excluding carboxylic acids is 3. The van der Waals surface area contributed by atoms with Crippen molar-refractivity contribution in [1.82, 2.24) is 0 Å². The molecule has 3 rings (SSSR count). The number of hydrogen-bond donors (Lipinski definition) is 11. The van der Waals surface area contributed by atoms with Crippen molar-refractivity contribution in [2.24, 2.45) is 5.92 Å². The summed E-state index contributed by atoms with van der Waals surface area (Å²) >= 11 is 0. The molecule has 2 saturated heterocycles. The third-order valence-corrected chi connectivity index (χ3v) is 20.8. The van der Waals surface area contributed by atoms with Gasteiger partial charge >= 0.3 is 25.7 Å². The molecule has 0 aromatic heterocycles. The second-order valence-corrected chi connectivity index (χ2v) is 30.1. The van der Waals surface area contributed by atoms with E-state index in [2.05, 4.69) is 27.7 Å². The Morgan fingerprint density at radius 3 is 1.09 bits per heavy atom. The molecule has 0 radical (unpaired) electrons. The summed E-state index contributed by atoms with van der Waals surface area (Å²) in [6, 6.07) is 0. The average molecular weight is 1440 g/mol. The lowest BCUT2D eigenvalue weighted by molar-refractivity contribution is -0.360. The van der Waals surface area contributed by atoms with Gasteiger partial charge < -0.3 is 89.1 Å². The van der Waals surface area contributed by atoms with Gasteiger partial charge in [0.15, 0.2) is 18.7 Å². The van der Waals surface area contributed by atoms with Gasteiger partial charge in [-0.3, -0.25) is 23.4 Å². The molecule has 19 unspecified atom stereocenters. The molecule has 1 aliphatic carbocycles. The molecule has 19 atom stereocenters. The Morgan fingerprint density at radius 1 is 0.384 bits per heavy atom. The van der Waals surface area contributed by atoms with Crippen LogP contribution in [-0.4, -0.2) is 204 Å². The highest BCUT2D eigenvalue weighted by molar-refractivity contribution is 7.47. The first-order valence-electron chi connectivity index (χ1n) is 39.2. The van der Waals surface area contributed by atoms with Gasteiger partial charge in [-0.15, -0.1) is 0 Å². The Morgan fingerprint density at radius 2 is 0.707 bits per heavy atom. The van der Waals surface area contributed by atoms with E-state index >= 15 is 0 Å². The van der Waals surface area contributed by atoms with Crippen LogP contribution < -0.4 is 0 Å². The smallest absolute Gasteiger partial charge is 0.463 e. The number of unbranched alkanes of at least 4 members (excludes halogenated alkanes) is 36. The van der Waals surface area contributed by atoms with E-state index in [9.17, 15) is 74.9 Å². The van der Waals surface area contributed by atoms with Crippen molar-refractivity contribution in [2.45, 2.75) is 421 Å².